The molecule has 0 aliphatic heterocycles. The molecule has 0 amide bonds. The van der Waals surface area contributed by atoms with Crippen LogP contribution in [0.3, 0.4) is 0 Å². The van der Waals surface area contributed by atoms with Gasteiger partial charge in [-0.15, -0.1) is 0 Å². The minimum atomic E-state index is 0.489. The third kappa shape index (κ3) is 3.07. The normalized spacial score (nSPS) is 10.1. The Morgan fingerprint density at radius 3 is 2.56 bits per heavy atom. The lowest BCUT2D eigenvalue weighted by Gasteiger charge is -2.05. The Labute approximate surface area is 103 Å². The minimum absolute atomic E-state index is 0.489. The van der Waals surface area contributed by atoms with Crippen LogP contribution in [-0.2, 0) is 6.61 Å². The van der Waals surface area contributed by atoms with Gasteiger partial charge in [0.05, 0.1) is 5.69 Å². The largest absolute Gasteiger partial charge is 0.487 e. The van der Waals surface area contributed by atoms with E-state index in [1.807, 2.05) is 42.5 Å². The van der Waals surface area contributed by atoms with Crippen molar-refractivity contribution < 1.29 is 4.74 Å². The molecule has 0 saturated carbocycles. The molecule has 0 aliphatic rings. The second-order valence-corrected chi connectivity index (χ2v) is 4.37. The van der Waals surface area contributed by atoms with Crippen molar-refractivity contribution in [2.45, 2.75) is 13.5 Å². The summed E-state index contributed by atoms with van der Waals surface area (Å²) in [7, 11) is 0. The Morgan fingerprint density at radius 2 is 1.88 bits per heavy atom. The molecule has 1 aromatic carbocycles. The van der Waals surface area contributed by atoms with Gasteiger partial charge in [0.2, 0.25) is 0 Å². The van der Waals surface area contributed by atoms with Crippen LogP contribution < -0.4 is 4.74 Å². The van der Waals surface area contributed by atoms with Gasteiger partial charge in [-0.3, -0.25) is 0 Å². The fraction of sp³-hybridized carbons (Fsp3) is 0.154. The molecule has 16 heavy (non-hydrogen) atoms. The van der Waals surface area contributed by atoms with Crippen molar-refractivity contribution in [3.63, 3.8) is 0 Å². The molecule has 2 aromatic rings. The molecule has 1 heterocycles. The highest BCUT2D eigenvalue weighted by molar-refractivity contribution is 9.10. The molecule has 0 spiro atoms. The van der Waals surface area contributed by atoms with Crippen LogP contribution in [0, 0.1) is 6.92 Å². The molecule has 0 bridgehead atoms. The molecule has 0 radical (unpaired) electrons. The lowest BCUT2D eigenvalue weighted by Crippen LogP contribution is -1.98. The molecule has 0 unspecified atom stereocenters. The van der Waals surface area contributed by atoms with E-state index in [1.54, 1.807) is 0 Å². The van der Waals surface area contributed by atoms with Gasteiger partial charge in [-0.1, -0.05) is 23.8 Å². The van der Waals surface area contributed by atoms with E-state index >= 15 is 0 Å². The van der Waals surface area contributed by atoms with Gasteiger partial charge in [-0.2, -0.15) is 0 Å². The SMILES string of the molecule is Cc1ccc(OCc2cccc(Br)n2)cc1. The number of hydrogen-bond donors (Lipinski definition) is 0. The van der Waals surface area contributed by atoms with Gasteiger partial charge < -0.3 is 4.74 Å². The van der Waals surface area contributed by atoms with Crippen LogP contribution in [-0.4, -0.2) is 4.98 Å². The van der Waals surface area contributed by atoms with Crippen LogP contribution in [0.4, 0.5) is 0 Å². The molecule has 3 heteroatoms. The summed E-state index contributed by atoms with van der Waals surface area (Å²) in [4.78, 5) is 4.30. The first-order valence-corrected chi connectivity index (χ1v) is 5.84. The van der Waals surface area contributed by atoms with Gasteiger partial charge in [-0.25, -0.2) is 4.98 Å². The first kappa shape index (κ1) is 11.1. The highest BCUT2D eigenvalue weighted by Crippen LogP contribution is 2.14. The summed E-state index contributed by atoms with van der Waals surface area (Å²) in [5.41, 5.74) is 2.14. The minimum Gasteiger partial charge on any atom is -0.487 e. The number of hydrogen-bond acceptors (Lipinski definition) is 2. The lowest BCUT2D eigenvalue weighted by molar-refractivity contribution is 0.301. The van der Waals surface area contributed by atoms with E-state index in [1.165, 1.54) is 5.56 Å². The second-order valence-electron chi connectivity index (χ2n) is 3.55. The van der Waals surface area contributed by atoms with Crippen molar-refractivity contribution in [3.05, 3.63) is 58.3 Å². The number of halogens is 1. The van der Waals surface area contributed by atoms with Gasteiger partial charge in [0.1, 0.15) is 17.0 Å². The number of nitrogens with zero attached hydrogens (tertiary/aromatic N) is 1. The molecule has 2 rings (SSSR count). The molecule has 0 atom stereocenters. The summed E-state index contributed by atoms with van der Waals surface area (Å²) in [6.07, 6.45) is 0. The first-order chi connectivity index (χ1) is 7.74. The monoisotopic (exact) mass is 277 g/mol. The average molecular weight is 278 g/mol. The fourth-order valence-corrected chi connectivity index (χ4v) is 1.70. The third-order valence-electron chi connectivity index (χ3n) is 2.18. The number of aryl methyl sites for hydroxylation is 1. The van der Waals surface area contributed by atoms with E-state index in [0.29, 0.717) is 6.61 Å². The smallest absolute Gasteiger partial charge is 0.130 e. The maximum Gasteiger partial charge on any atom is 0.130 e. The highest BCUT2D eigenvalue weighted by Gasteiger charge is 1.97. The number of aromatic nitrogens is 1. The molecule has 0 N–H and O–H groups in total. The summed E-state index contributed by atoms with van der Waals surface area (Å²) in [6.45, 7) is 2.54. The lowest BCUT2D eigenvalue weighted by atomic mass is 10.2. The standard InChI is InChI=1S/C13H12BrNO/c1-10-5-7-12(8-6-10)16-9-11-3-2-4-13(14)15-11/h2-8H,9H2,1H3. The molecule has 1 aromatic heterocycles. The molecular formula is C13H12BrNO. The number of benzene rings is 1. The predicted octanol–water partition coefficient (Wildman–Crippen LogP) is 3.73. The number of ether oxygens (including phenoxy) is 1. The van der Waals surface area contributed by atoms with Crippen LogP contribution in [0.1, 0.15) is 11.3 Å². The van der Waals surface area contributed by atoms with E-state index in [4.69, 9.17) is 4.74 Å². The zero-order valence-electron chi connectivity index (χ0n) is 8.98. The van der Waals surface area contributed by atoms with Crippen LogP contribution >= 0.6 is 15.9 Å². The molecule has 2 nitrogen and oxygen atoms in total. The van der Waals surface area contributed by atoms with Crippen molar-refractivity contribution >= 4 is 15.9 Å². The predicted molar refractivity (Wildman–Crippen MR) is 67.4 cm³/mol. The Balaban J connectivity index is 1.99. The maximum absolute atomic E-state index is 5.62. The summed E-state index contributed by atoms with van der Waals surface area (Å²) in [6, 6.07) is 13.8. The molecular weight excluding hydrogens is 266 g/mol. The zero-order chi connectivity index (χ0) is 11.4. The average Bonchev–Trinajstić information content (AvgIpc) is 2.28. The molecule has 82 valence electrons. The second kappa shape index (κ2) is 5.12. The number of rotatable bonds is 3. The Hall–Kier alpha value is -1.35. The topological polar surface area (TPSA) is 22.1 Å². The fourth-order valence-electron chi connectivity index (χ4n) is 1.32. The zero-order valence-corrected chi connectivity index (χ0v) is 10.6. The van der Waals surface area contributed by atoms with Crippen molar-refractivity contribution in [2.75, 3.05) is 0 Å². The van der Waals surface area contributed by atoms with Gasteiger partial charge in [-0.05, 0) is 47.1 Å². The molecule has 0 saturated heterocycles. The van der Waals surface area contributed by atoms with E-state index in [-0.39, 0.29) is 0 Å². The van der Waals surface area contributed by atoms with Crippen molar-refractivity contribution in [1.29, 1.82) is 0 Å². The van der Waals surface area contributed by atoms with Crippen molar-refractivity contribution in [1.82, 2.24) is 4.98 Å². The van der Waals surface area contributed by atoms with Crippen molar-refractivity contribution in [3.8, 4) is 5.75 Å². The molecule has 0 fully saturated rings. The summed E-state index contributed by atoms with van der Waals surface area (Å²) >= 11 is 3.33. The van der Waals surface area contributed by atoms with Gasteiger partial charge in [0, 0.05) is 0 Å². The van der Waals surface area contributed by atoms with Crippen LogP contribution in [0.15, 0.2) is 47.1 Å². The third-order valence-corrected chi connectivity index (χ3v) is 2.62. The van der Waals surface area contributed by atoms with Crippen LogP contribution in [0.25, 0.3) is 0 Å². The van der Waals surface area contributed by atoms with Crippen LogP contribution in [0.5, 0.6) is 5.75 Å². The number of pyridine rings is 1. The quantitative estimate of drug-likeness (QED) is 0.798. The summed E-state index contributed by atoms with van der Waals surface area (Å²) in [5, 5.41) is 0. The van der Waals surface area contributed by atoms with Crippen molar-refractivity contribution in [2.24, 2.45) is 0 Å². The highest BCUT2D eigenvalue weighted by atomic mass is 79.9. The van der Waals surface area contributed by atoms with E-state index in [0.717, 1.165) is 16.0 Å². The Bertz CT molecular complexity index is 468. The Kier molecular flexibility index (Phi) is 3.57. The summed E-state index contributed by atoms with van der Waals surface area (Å²) < 4.78 is 6.45. The van der Waals surface area contributed by atoms with E-state index in [2.05, 4.69) is 27.8 Å². The summed E-state index contributed by atoms with van der Waals surface area (Å²) in [5.74, 6) is 0.868. The Morgan fingerprint density at radius 1 is 1.12 bits per heavy atom. The van der Waals surface area contributed by atoms with E-state index in [9.17, 15) is 0 Å². The maximum atomic E-state index is 5.62. The van der Waals surface area contributed by atoms with Crippen LogP contribution in [0.2, 0.25) is 0 Å². The van der Waals surface area contributed by atoms with Gasteiger partial charge in [0.25, 0.3) is 0 Å². The molecule has 0 aliphatic carbocycles. The van der Waals surface area contributed by atoms with Gasteiger partial charge >= 0.3 is 0 Å². The van der Waals surface area contributed by atoms with Gasteiger partial charge in [0.15, 0.2) is 0 Å². The van der Waals surface area contributed by atoms with E-state index < -0.39 is 0 Å². The first-order valence-electron chi connectivity index (χ1n) is 5.05.